The maximum atomic E-state index is 11.7. The highest BCUT2D eigenvalue weighted by Crippen LogP contribution is 2.55. The third kappa shape index (κ3) is 3.87. The van der Waals surface area contributed by atoms with Crippen molar-refractivity contribution in [2.24, 2.45) is 23.7 Å². The van der Waals surface area contributed by atoms with Gasteiger partial charge in [0.05, 0.1) is 28.9 Å². The van der Waals surface area contributed by atoms with Gasteiger partial charge in [0, 0.05) is 18.7 Å². The van der Waals surface area contributed by atoms with Crippen molar-refractivity contribution < 1.29 is 15.0 Å². The quantitative estimate of drug-likeness (QED) is 0.425. The lowest BCUT2D eigenvalue weighted by Gasteiger charge is -2.23. The van der Waals surface area contributed by atoms with Gasteiger partial charge in [-0.15, -0.1) is 0 Å². The largest absolute Gasteiger partial charge is 0.476 e. The first-order chi connectivity index (χ1) is 17.7. The van der Waals surface area contributed by atoms with E-state index < -0.39 is 5.97 Å². The van der Waals surface area contributed by atoms with Gasteiger partial charge in [0.15, 0.2) is 17.2 Å². The van der Waals surface area contributed by atoms with Crippen LogP contribution in [0.15, 0.2) is 24.3 Å². The number of hydrogen-bond donors (Lipinski definition) is 3. The molecule has 3 aliphatic rings. The van der Waals surface area contributed by atoms with Crippen LogP contribution >= 0.6 is 11.6 Å². The minimum atomic E-state index is -1.18. The number of aliphatic hydroxyl groups is 1. The van der Waals surface area contributed by atoms with E-state index in [9.17, 15) is 20.3 Å². The molecule has 3 N–H and O–H groups in total. The van der Waals surface area contributed by atoms with Gasteiger partial charge in [-0.05, 0) is 74.1 Å². The molecule has 0 amide bonds. The molecule has 3 fully saturated rings. The Kier molecular flexibility index (Phi) is 5.70. The number of carboxylic acids is 1. The summed E-state index contributed by atoms with van der Waals surface area (Å²) < 4.78 is 0. The molecule has 0 radical (unpaired) electrons. The maximum absolute atomic E-state index is 11.7. The molecule has 9 nitrogen and oxygen atoms in total. The van der Waals surface area contributed by atoms with Gasteiger partial charge in [-0.2, -0.15) is 5.26 Å². The highest BCUT2D eigenvalue weighted by atomic mass is 35.5. The standard InChI is InChI=1S/C27H27ClN6O3/c1-12-7-16(13(2)30-19-5-6-22(28)32-24(19)27(36)37)23-20(8-12)31-21(9-29)26(33-23)34-10-17-14-3-4-15(25(14)35)18(17)11-34/h5-8,13-15,17-18,25,30,35H,3-4,10-11H2,1-2H3,(H,36,37)/t13-,14?,15?,17?,18?,25?/m1/s1. The zero-order valence-corrected chi connectivity index (χ0v) is 21.3. The van der Waals surface area contributed by atoms with E-state index in [0.29, 0.717) is 51.9 Å². The molecule has 2 aromatic heterocycles. The summed E-state index contributed by atoms with van der Waals surface area (Å²) in [6.07, 6.45) is 1.94. The van der Waals surface area contributed by atoms with Crippen LogP contribution in [0.3, 0.4) is 0 Å². The second-order valence-corrected chi connectivity index (χ2v) is 10.9. The third-order valence-corrected chi connectivity index (χ3v) is 8.67. The number of benzene rings is 1. The molecule has 37 heavy (non-hydrogen) atoms. The summed E-state index contributed by atoms with van der Waals surface area (Å²) in [5.41, 5.74) is 3.57. The van der Waals surface area contributed by atoms with Crippen LogP contribution < -0.4 is 10.2 Å². The summed E-state index contributed by atoms with van der Waals surface area (Å²) in [6.45, 7) is 5.41. The first kappa shape index (κ1) is 23.9. The number of anilines is 2. The highest BCUT2D eigenvalue weighted by Gasteiger charge is 2.57. The summed E-state index contributed by atoms with van der Waals surface area (Å²) in [5.74, 6) is 0.904. The number of fused-ring (bicyclic) bond motifs is 6. The maximum Gasteiger partial charge on any atom is 0.356 e. The number of halogens is 1. The van der Waals surface area contributed by atoms with Gasteiger partial charge >= 0.3 is 5.97 Å². The number of aromatic carboxylic acids is 1. The Labute approximate surface area is 219 Å². The molecule has 1 aromatic carbocycles. The van der Waals surface area contributed by atoms with Crippen molar-refractivity contribution in [3.63, 3.8) is 0 Å². The number of aromatic nitrogens is 3. The van der Waals surface area contributed by atoms with Gasteiger partial charge in [-0.25, -0.2) is 19.7 Å². The van der Waals surface area contributed by atoms with Crippen molar-refractivity contribution in [3.05, 3.63) is 51.9 Å². The van der Waals surface area contributed by atoms with Crippen molar-refractivity contribution in [2.75, 3.05) is 23.3 Å². The lowest BCUT2D eigenvalue weighted by Crippen LogP contribution is -2.28. The Morgan fingerprint density at radius 2 is 1.86 bits per heavy atom. The molecule has 0 spiro atoms. The molecule has 2 bridgehead atoms. The lowest BCUT2D eigenvalue weighted by atomic mass is 9.82. The molecule has 6 rings (SSSR count). The molecule has 2 aliphatic carbocycles. The molecule has 3 aromatic rings. The number of aryl methyl sites for hydroxylation is 1. The number of hydrogen-bond acceptors (Lipinski definition) is 8. The fourth-order valence-corrected chi connectivity index (χ4v) is 7.03. The number of aliphatic hydroxyl groups excluding tert-OH is 1. The molecule has 190 valence electrons. The first-order valence-electron chi connectivity index (χ1n) is 12.6. The Morgan fingerprint density at radius 3 is 2.51 bits per heavy atom. The fourth-order valence-electron chi connectivity index (χ4n) is 6.89. The van der Waals surface area contributed by atoms with Crippen LogP contribution in [0, 0.1) is 41.9 Å². The molecule has 4 unspecified atom stereocenters. The second-order valence-electron chi connectivity index (χ2n) is 10.6. The van der Waals surface area contributed by atoms with Gasteiger partial charge in [0.1, 0.15) is 11.2 Å². The average Bonchev–Trinajstić information content (AvgIpc) is 3.53. The Hall–Kier alpha value is -3.48. The molecule has 10 heteroatoms. The number of nitriles is 1. The SMILES string of the molecule is Cc1cc([C@@H](C)Nc2ccc(Cl)nc2C(=O)O)c2nc(N3CC4C5CCC(C5O)C4C3)c(C#N)nc2c1. The Morgan fingerprint density at radius 1 is 1.16 bits per heavy atom. The molecular weight excluding hydrogens is 492 g/mol. The van der Waals surface area contributed by atoms with Crippen LogP contribution in [0.2, 0.25) is 5.15 Å². The van der Waals surface area contributed by atoms with Crippen molar-refractivity contribution in [1.82, 2.24) is 15.0 Å². The van der Waals surface area contributed by atoms with Crippen LogP contribution in [0.5, 0.6) is 0 Å². The molecule has 3 heterocycles. The van der Waals surface area contributed by atoms with Gasteiger partial charge in [-0.3, -0.25) is 0 Å². The minimum Gasteiger partial charge on any atom is -0.476 e. The van der Waals surface area contributed by atoms with Crippen molar-refractivity contribution >= 4 is 40.1 Å². The number of carbonyl (C=O) groups is 1. The van der Waals surface area contributed by atoms with E-state index >= 15 is 0 Å². The highest BCUT2D eigenvalue weighted by molar-refractivity contribution is 6.29. The normalized spacial score (nSPS) is 26.8. The summed E-state index contributed by atoms with van der Waals surface area (Å²) in [4.78, 5) is 27.6. The molecular formula is C27H27ClN6O3. The van der Waals surface area contributed by atoms with Crippen LogP contribution in [0.25, 0.3) is 11.0 Å². The minimum absolute atomic E-state index is 0.104. The van der Waals surface area contributed by atoms with Crippen LogP contribution in [-0.2, 0) is 0 Å². The Bertz CT molecular complexity index is 1450. The van der Waals surface area contributed by atoms with Crippen LogP contribution in [0.4, 0.5) is 11.5 Å². The van der Waals surface area contributed by atoms with Gasteiger partial charge in [0.25, 0.3) is 0 Å². The van der Waals surface area contributed by atoms with Gasteiger partial charge in [0.2, 0.25) is 0 Å². The summed E-state index contributed by atoms with van der Waals surface area (Å²) in [7, 11) is 0. The fraction of sp³-hybridized carbons (Fsp3) is 0.444. The molecule has 5 atom stereocenters. The van der Waals surface area contributed by atoms with E-state index in [2.05, 4.69) is 21.3 Å². The zero-order chi connectivity index (χ0) is 26.0. The van der Waals surface area contributed by atoms with E-state index in [-0.39, 0.29) is 23.0 Å². The lowest BCUT2D eigenvalue weighted by molar-refractivity contribution is 0.0691. The van der Waals surface area contributed by atoms with Crippen molar-refractivity contribution in [2.45, 2.75) is 38.8 Å². The van der Waals surface area contributed by atoms with Crippen molar-refractivity contribution in [3.8, 4) is 6.07 Å². The summed E-state index contributed by atoms with van der Waals surface area (Å²) in [6, 6.07) is 8.97. The Balaban J connectivity index is 1.38. The predicted molar refractivity (Wildman–Crippen MR) is 139 cm³/mol. The van der Waals surface area contributed by atoms with E-state index in [0.717, 1.165) is 37.1 Å². The topological polar surface area (TPSA) is 135 Å². The van der Waals surface area contributed by atoms with Crippen molar-refractivity contribution in [1.29, 1.82) is 5.26 Å². The summed E-state index contributed by atoms with van der Waals surface area (Å²) >= 11 is 5.92. The number of nitrogens with one attached hydrogen (secondary N) is 1. The van der Waals surface area contributed by atoms with E-state index in [1.165, 1.54) is 0 Å². The van der Waals surface area contributed by atoms with Crippen LogP contribution in [-0.4, -0.2) is 50.3 Å². The van der Waals surface area contributed by atoms with Gasteiger partial charge < -0.3 is 20.4 Å². The predicted octanol–water partition coefficient (Wildman–Crippen LogP) is 4.18. The second kappa shape index (κ2) is 8.82. The van der Waals surface area contributed by atoms with Crippen LogP contribution in [0.1, 0.15) is 53.1 Å². The van der Waals surface area contributed by atoms with E-state index in [1.54, 1.807) is 12.1 Å². The summed E-state index contributed by atoms with van der Waals surface area (Å²) in [5, 5.41) is 33.5. The molecule has 1 aliphatic heterocycles. The smallest absolute Gasteiger partial charge is 0.356 e. The number of carboxylic acid groups (broad SMARTS) is 1. The van der Waals surface area contributed by atoms with E-state index in [4.69, 9.17) is 21.6 Å². The number of pyridine rings is 1. The molecule has 1 saturated heterocycles. The number of nitrogens with zero attached hydrogens (tertiary/aromatic N) is 5. The zero-order valence-electron chi connectivity index (χ0n) is 20.5. The number of rotatable bonds is 5. The van der Waals surface area contributed by atoms with Gasteiger partial charge in [-0.1, -0.05) is 17.7 Å². The average molecular weight is 519 g/mol. The monoisotopic (exact) mass is 518 g/mol. The first-order valence-corrected chi connectivity index (χ1v) is 12.9. The van der Waals surface area contributed by atoms with E-state index in [1.807, 2.05) is 26.0 Å². The third-order valence-electron chi connectivity index (χ3n) is 8.46. The molecule has 2 saturated carbocycles.